The molecule has 4 heteroatoms. The van der Waals surface area contributed by atoms with Crippen molar-refractivity contribution in [1.82, 2.24) is 14.8 Å². The van der Waals surface area contributed by atoms with Crippen LogP contribution in [0.3, 0.4) is 0 Å². The fourth-order valence-electron chi connectivity index (χ4n) is 6.46. The molecule has 4 nitrogen and oxygen atoms in total. The van der Waals surface area contributed by atoms with Gasteiger partial charge < -0.3 is 5.32 Å². The molecule has 0 atom stereocenters. The predicted molar refractivity (Wildman–Crippen MR) is 207 cm³/mol. The van der Waals surface area contributed by atoms with Gasteiger partial charge in [0.2, 0.25) is 0 Å². The first kappa shape index (κ1) is 32.1. The molecule has 0 bridgehead atoms. The Morgan fingerprint density at radius 2 is 1.18 bits per heavy atom. The summed E-state index contributed by atoms with van der Waals surface area (Å²) < 4.78 is 2.12. The molecule has 0 aliphatic carbocycles. The number of pyridine rings is 1. The van der Waals surface area contributed by atoms with Crippen LogP contribution in [-0.2, 0) is 10.8 Å². The fraction of sp³-hybridized carbons (Fsp3) is 0.200. The molecule has 0 amide bonds. The van der Waals surface area contributed by atoms with Gasteiger partial charge in [-0.3, -0.25) is 4.98 Å². The molecule has 7 rings (SSSR count). The molecule has 49 heavy (non-hydrogen) atoms. The van der Waals surface area contributed by atoms with Crippen molar-refractivity contribution in [3.05, 3.63) is 150 Å². The maximum Gasteiger partial charge on any atom is 0.101 e. The van der Waals surface area contributed by atoms with Crippen LogP contribution in [0.15, 0.2) is 134 Å². The van der Waals surface area contributed by atoms with E-state index < -0.39 is 0 Å². The van der Waals surface area contributed by atoms with Crippen molar-refractivity contribution < 1.29 is 0 Å². The zero-order valence-corrected chi connectivity index (χ0v) is 29.5. The van der Waals surface area contributed by atoms with Crippen LogP contribution in [0.5, 0.6) is 0 Å². The third-order valence-electron chi connectivity index (χ3n) is 9.42. The van der Waals surface area contributed by atoms with E-state index in [2.05, 4.69) is 186 Å². The topological polar surface area (TPSA) is 42.7 Å². The van der Waals surface area contributed by atoms with Crippen LogP contribution in [0.25, 0.3) is 50.1 Å². The van der Waals surface area contributed by atoms with Crippen LogP contribution < -0.4 is 5.32 Å². The minimum absolute atomic E-state index is 0.0213. The van der Waals surface area contributed by atoms with Gasteiger partial charge in [0.15, 0.2) is 0 Å². The van der Waals surface area contributed by atoms with Crippen molar-refractivity contribution in [3.8, 4) is 39.2 Å². The van der Waals surface area contributed by atoms with Crippen LogP contribution >= 0.6 is 0 Å². The number of hydrogen-bond donors (Lipinski definition) is 1. The fourth-order valence-corrected chi connectivity index (χ4v) is 6.46. The molecule has 0 unspecified atom stereocenters. The maximum atomic E-state index is 5.32. The first-order valence-electron chi connectivity index (χ1n) is 17.1. The van der Waals surface area contributed by atoms with E-state index in [1.54, 1.807) is 0 Å². The maximum absolute atomic E-state index is 5.32. The van der Waals surface area contributed by atoms with Gasteiger partial charge in [-0.25, -0.2) is 4.68 Å². The SMILES string of the molecule is Cc1c2cccc(-c3ccccc3)c2nn1-c1cc(C(C)(C)C)ccc1Nc1ccc(C(C)(C)C)cc1-c1cc(-c2ccccc2)ccn1. The lowest BCUT2D eigenvalue weighted by Crippen LogP contribution is -2.14. The third-order valence-corrected chi connectivity index (χ3v) is 9.42. The average molecular weight is 641 g/mol. The zero-order valence-electron chi connectivity index (χ0n) is 29.5. The number of nitrogens with one attached hydrogen (secondary N) is 1. The van der Waals surface area contributed by atoms with Gasteiger partial charge in [0, 0.05) is 34.1 Å². The second-order valence-electron chi connectivity index (χ2n) is 15.0. The Hall–Kier alpha value is -5.48. The summed E-state index contributed by atoms with van der Waals surface area (Å²) in [5, 5.41) is 10.3. The number of anilines is 2. The summed E-state index contributed by atoms with van der Waals surface area (Å²) in [5.41, 5.74) is 14.1. The van der Waals surface area contributed by atoms with E-state index in [4.69, 9.17) is 10.1 Å². The smallest absolute Gasteiger partial charge is 0.101 e. The van der Waals surface area contributed by atoms with Crippen molar-refractivity contribution in [2.45, 2.75) is 59.3 Å². The summed E-state index contributed by atoms with van der Waals surface area (Å²) in [7, 11) is 0. The molecule has 0 aliphatic rings. The predicted octanol–water partition coefficient (Wildman–Crippen LogP) is 12.1. The van der Waals surface area contributed by atoms with Gasteiger partial charge in [0.1, 0.15) is 5.52 Å². The molecular weight excluding hydrogens is 597 g/mol. The van der Waals surface area contributed by atoms with Crippen molar-refractivity contribution in [3.63, 3.8) is 0 Å². The van der Waals surface area contributed by atoms with Crippen molar-refractivity contribution in [1.29, 1.82) is 0 Å². The highest BCUT2D eigenvalue weighted by atomic mass is 15.3. The Morgan fingerprint density at radius 3 is 1.86 bits per heavy atom. The lowest BCUT2D eigenvalue weighted by atomic mass is 9.85. The van der Waals surface area contributed by atoms with E-state index in [1.165, 1.54) is 16.7 Å². The molecule has 5 aromatic carbocycles. The van der Waals surface area contributed by atoms with Gasteiger partial charge in [-0.2, -0.15) is 5.10 Å². The molecule has 2 heterocycles. The second-order valence-corrected chi connectivity index (χ2v) is 15.0. The van der Waals surface area contributed by atoms with Crippen LogP contribution in [0, 0.1) is 6.92 Å². The van der Waals surface area contributed by atoms with E-state index in [1.807, 2.05) is 6.20 Å². The second kappa shape index (κ2) is 12.5. The first-order valence-corrected chi connectivity index (χ1v) is 17.1. The molecule has 2 aromatic heterocycles. The Balaban J connectivity index is 1.40. The number of aryl methyl sites for hydroxylation is 1. The number of benzene rings is 5. The standard InChI is InChI=1S/C45H44N4/c1-30-36-19-14-20-37(32-17-12-9-13-18-32)43(36)48-49(30)42-29-35(45(5,6)7)22-24-40(42)47-39-23-21-34(44(2,3)4)28-38(39)41-27-33(25-26-46-41)31-15-10-8-11-16-31/h8-29,47H,1-7H3. The Labute approximate surface area is 290 Å². The molecule has 7 aromatic rings. The molecule has 0 fully saturated rings. The minimum Gasteiger partial charge on any atom is -0.353 e. The first-order chi connectivity index (χ1) is 23.5. The Morgan fingerprint density at radius 1 is 0.551 bits per heavy atom. The van der Waals surface area contributed by atoms with Crippen LogP contribution in [-0.4, -0.2) is 14.8 Å². The number of rotatable bonds is 6. The number of aromatic nitrogens is 3. The number of fused-ring (bicyclic) bond motifs is 1. The highest BCUT2D eigenvalue weighted by molar-refractivity contribution is 5.96. The minimum atomic E-state index is -0.0374. The molecular formula is C45H44N4. The number of hydrogen-bond acceptors (Lipinski definition) is 3. The van der Waals surface area contributed by atoms with E-state index in [0.29, 0.717) is 0 Å². The van der Waals surface area contributed by atoms with Gasteiger partial charge in [-0.15, -0.1) is 0 Å². The molecule has 244 valence electrons. The van der Waals surface area contributed by atoms with Gasteiger partial charge >= 0.3 is 0 Å². The lowest BCUT2D eigenvalue weighted by molar-refractivity contribution is 0.589. The summed E-state index contributed by atoms with van der Waals surface area (Å²) in [6.07, 6.45) is 1.91. The van der Waals surface area contributed by atoms with Gasteiger partial charge in [-0.05, 0) is 82.0 Å². The largest absolute Gasteiger partial charge is 0.353 e. The van der Waals surface area contributed by atoms with Crippen molar-refractivity contribution in [2.24, 2.45) is 0 Å². The normalized spacial score (nSPS) is 12.0. The number of nitrogens with zero attached hydrogens (tertiary/aromatic N) is 3. The van der Waals surface area contributed by atoms with Crippen LogP contribution in [0.1, 0.15) is 58.4 Å². The zero-order chi connectivity index (χ0) is 34.3. The average Bonchev–Trinajstić information content (AvgIpc) is 3.44. The van der Waals surface area contributed by atoms with Crippen molar-refractivity contribution in [2.75, 3.05) is 5.32 Å². The molecule has 0 aliphatic heterocycles. The Kier molecular flexibility index (Phi) is 8.20. The summed E-state index contributed by atoms with van der Waals surface area (Å²) in [6, 6.07) is 45.2. The summed E-state index contributed by atoms with van der Waals surface area (Å²) in [5.74, 6) is 0. The summed E-state index contributed by atoms with van der Waals surface area (Å²) >= 11 is 0. The van der Waals surface area contributed by atoms with Gasteiger partial charge in [0.05, 0.1) is 17.1 Å². The third kappa shape index (κ3) is 6.39. The molecule has 0 radical (unpaired) electrons. The molecule has 1 N–H and O–H groups in total. The van der Waals surface area contributed by atoms with E-state index in [-0.39, 0.29) is 10.8 Å². The highest BCUT2D eigenvalue weighted by Crippen LogP contribution is 2.39. The monoisotopic (exact) mass is 640 g/mol. The molecule has 0 spiro atoms. The van der Waals surface area contributed by atoms with Crippen LogP contribution in [0.2, 0.25) is 0 Å². The molecule has 0 saturated heterocycles. The van der Waals surface area contributed by atoms with Crippen LogP contribution in [0.4, 0.5) is 11.4 Å². The summed E-state index contributed by atoms with van der Waals surface area (Å²) in [4.78, 5) is 4.91. The van der Waals surface area contributed by atoms with Gasteiger partial charge in [-0.1, -0.05) is 133 Å². The molecule has 0 saturated carbocycles. The van der Waals surface area contributed by atoms with E-state index in [0.717, 1.165) is 61.6 Å². The van der Waals surface area contributed by atoms with Gasteiger partial charge in [0.25, 0.3) is 0 Å². The lowest BCUT2D eigenvalue weighted by Gasteiger charge is -2.24. The Bertz CT molecular complexity index is 2270. The van der Waals surface area contributed by atoms with E-state index >= 15 is 0 Å². The van der Waals surface area contributed by atoms with Crippen molar-refractivity contribution >= 4 is 22.3 Å². The summed E-state index contributed by atoms with van der Waals surface area (Å²) in [6.45, 7) is 15.7. The highest BCUT2D eigenvalue weighted by Gasteiger charge is 2.22. The quantitative estimate of drug-likeness (QED) is 0.197. The van der Waals surface area contributed by atoms with E-state index in [9.17, 15) is 0 Å².